The van der Waals surface area contributed by atoms with Gasteiger partial charge in [-0.15, -0.1) is 0 Å². The second kappa shape index (κ2) is 3.82. The average Bonchev–Trinajstić information content (AvgIpc) is 2.67. The number of nitrogens with zero attached hydrogens (tertiary/aromatic N) is 4. The molecular formula is C8H10N6. The van der Waals surface area contributed by atoms with Crippen molar-refractivity contribution in [2.75, 3.05) is 5.32 Å². The molecule has 0 aromatic carbocycles. The third kappa shape index (κ3) is 2.03. The Morgan fingerprint density at radius 3 is 3.07 bits per heavy atom. The highest BCUT2D eigenvalue weighted by Gasteiger charge is 1.97. The first-order valence-electron chi connectivity index (χ1n) is 4.22. The Morgan fingerprint density at radius 1 is 1.43 bits per heavy atom. The predicted molar refractivity (Wildman–Crippen MR) is 50.5 cm³/mol. The molecule has 72 valence electrons. The summed E-state index contributed by atoms with van der Waals surface area (Å²) in [6.45, 7) is 2.43. The molecule has 2 heterocycles. The lowest BCUT2D eigenvalue weighted by atomic mass is 10.5. The van der Waals surface area contributed by atoms with Crippen LogP contribution in [0.2, 0.25) is 0 Å². The molecule has 0 aliphatic rings. The van der Waals surface area contributed by atoms with E-state index in [0.717, 1.165) is 17.5 Å². The van der Waals surface area contributed by atoms with E-state index in [9.17, 15) is 0 Å². The van der Waals surface area contributed by atoms with Crippen LogP contribution in [0.4, 0.5) is 5.82 Å². The number of H-pyrrole nitrogens is 1. The molecule has 14 heavy (non-hydrogen) atoms. The highest BCUT2D eigenvalue weighted by Crippen LogP contribution is 2.02. The van der Waals surface area contributed by atoms with Gasteiger partial charge in [0.2, 0.25) is 0 Å². The van der Waals surface area contributed by atoms with E-state index in [2.05, 4.69) is 30.5 Å². The van der Waals surface area contributed by atoms with Crippen molar-refractivity contribution in [3.63, 3.8) is 0 Å². The van der Waals surface area contributed by atoms with E-state index in [0.29, 0.717) is 6.54 Å². The Hall–Kier alpha value is -1.98. The Morgan fingerprint density at radius 2 is 2.36 bits per heavy atom. The minimum absolute atomic E-state index is 0.580. The molecule has 0 saturated heterocycles. The summed E-state index contributed by atoms with van der Waals surface area (Å²) in [6.07, 6.45) is 3.19. The lowest BCUT2D eigenvalue weighted by molar-refractivity contribution is 0.938. The fourth-order valence-electron chi connectivity index (χ4n) is 1.04. The molecule has 0 bridgehead atoms. The van der Waals surface area contributed by atoms with Crippen LogP contribution in [0.1, 0.15) is 11.6 Å². The van der Waals surface area contributed by atoms with Gasteiger partial charge >= 0.3 is 0 Å². The van der Waals surface area contributed by atoms with Crippen molar-refractivity contribution in [1.82, 2.24) is 25.1 Å². The van der Waals surface area contributed by atoms with E-state index in [1.165, 1.54) is 6.33 Å². The van der Waals surface area contributed by atoms with Crippen LogP contribution >= 0.6 is 0 Å². The first-order valence-corrected chi connectivity index (χ1v) is 4.22. The van der Waals surface area contributed by atoms with Crippen LogP contribution in [-0.2, 0) is 6.54 Å². The molecule has 0 radical (unpaired) electrons. The molecule has 0 aliphatic heterocycles. The fourth-order valence-corrected chi connectivity index (χ4v) is 1.04. The zero-order chi connectivity index (χ0) is 9.80. The summed E-state index contributed by atoms with van der Waals surface area (Å²) in [5.41, 5.74) is 0. The van der Waals surface area contributed by atoms with E-state index in [1.54, 1.807) is 6.20 Å². The quantitative estimate of drug-likeness (QED) is 0.737. The normalized spacial score (nSPS) is 10.1. The molecular weight excluding hydrogens is 180 g/mol. The van der Waals surface area contributed by atoms with Crippen LogP contribution in [0, 0.1) is 6.92 Å². The first kappa shape index (κ1) is 8.61. The van der Waals surface area contributed by atoms with Crippen molar-refractivity contribution >= 4 is 5.82 Å². The Bertz CT molecular complexity index is 396. The smallest absolute Gasteiger partial charge is 0.143 e. The van der Waals surface area contributed by atoms with Crippen molar-refractivity contribution in [3.8, 4) is 0 Å². The lowest BCUT2D eigenvalue weighted by Gasteiger charge is -2.02. The summed E-state index contributed by atoms with van der Waals surface area (Å²) in [5.74, 6) is 2.31. The highest BCUT2D eigenvalue weighted by molar-refractivity contribution is 5.32. The van der Waals surface area contributed by atoms with E-state index < -0.39 is 0 Å². The molecule has 6 heteroatoms. The molecule has 2 N–H and O–H groups in total. The van der Waals surface area contributed by atoms with Crippen LogP contribution in [0.3, 0.4) is 0 Å². The second-order valence-corrected chi connectivity index (χ2v) is 2.77. The number of anilines is 1. The third-order valence-electron chi connectivity index (χ3n) is 1.68. The van der Waals surface area contributed by atoms with Crippen LogP contribution in [0.5, 0.6) is 0 Å². The SMILES string of the molecule is Cc1nccc(NCc2ncn[nH]2)n1. The van der Waals surface area contributed by atoms with Crippen molar-refractivity contribution in [3.05, 3.63) is 30.2 Å². The molecule has 0 unspecified atom stereocenters. The molecule has 2 aromatic rings. The van der Waals surface area contributed by atoms with Crippen LogP contribution in [0.25, 0.3) is 0 Å². The van der Waals surface area contributed by atoms with Crippen molar-refractivity contribution < 1.29 is 0 Å². The number of nitrogens with one attached hydrogen (secondary N) is 2. The number of rotatable bonds is 3. The van der Waals surface area contributed by atoms with Gasteiger partial charge in [0.25, 0.3) is 0 Å². The minimum Gasteiger partial charge on any atom is -0.363 e. The molecule has 0 amide bonds. The van der Waals surface area contributed by atoms with Crippen molar-refractivity contribution in [1.29, 1.82) is 0 Å². The predicted octanol–water partition coefficient (Wildman–Crippen LogP) is 0.515. The summed E-state index contributed by atoms with van der Waals surface area (Å²) in [4.78, 5) is 12.2. The average molecular weight is 190 g/mol. The molecule has 2 rings (SSSR count). The van der Waals surface area contributed by atoms with Gasteiger partial charge in [-0.3, -0.25) is 5.10 Å². The highest BCUT2D eigenvalue weighted by atomic mass is 15.2. The van der Waals surface area contributed by atoms with Gasteiger partial charge in [-0.05, 0) is 13.0 Å². The maximum Gasteiger partial charge on any atom is 0.143 e. The van der Waals surface area contributed by atoms with Crippen LogP contribution < -0.4 is 5.32 Å². The van der Waals surface area contributed by atoms with Crippen LogP contribution in [0.15, 0.2) is 18.6 Å². The monoisotopic (exact) mass is 190 g/mol. The zero-order valence-electron chi connectivity index (χ0n) is 7.73. The maximum absolute atomic E-state index is 4.19. The largest absolute Gasteiger partial charge is 0.363 e. The number of aryl methyl sites for hydroxylation is 1. The number of hydrogen-bond acceptors (Lipinski definition) is 5. The van der Waals surface area contributed by atoms with Gasteiger partial charge in [0.1, 0.15) is 23.8 Å². The first-order chi connectivity index (χ1) is 6.84. The van der Waals surface area contributed by atoms with Crippen molar-refractivity contribution in [2.45, 2.75) is 13.5 Å². The Labute approximate surface area is 80.8 Å². The van der Waals surface area contributed by atoms with E-state index in [-0.39, 0.29) is 0 Å². The standard InChI is InChI=1S/C8H10N6/c1-6-9-3-2-7(13-6)10-4-8-11-5-12-14-8/h2-3,5H,4H2,1H3,(H,9,10,13)(H,11,12,14). The van der Waals surface area contributed by atoms with Gasteiger partial charge in [0.15, 0.2) is 0 Å². The summed E-state index contributed by atoms with van der Waals surface area (Å²) in [7, 11) is 0. The van der Waals surface area contributed by atoms with Gasteiger partial charge in [0.05, 0.1) is 6.54 Å². The van der Waals surface area contributed by atoms with E-state index in [1.807, 2.05) is 13.0 Å². The summed E-state index contributed by atoms with van der Waals surface area (Å²) >= 11 is 0. The second-order valence-electron chi connectivity index (χ2n) is 2.77. The number of aromatic nitrogens is 5. The molecule has 0 saturated carbocycles. The summed E-state index contributed by atoms with van der Waals surface area (Å²) in [6, 6.07) is 1.81. The van der Waals surface area contributed by atoms with Gasteiger partial charge in [0, 0.05) is 6.20 Å². The van der Waals surface area contributed by atoms with Gasteiger partial charge in [-0.2, -0.15) is 5.10 Å². The Balaban J connectivity index is 1.98. The van der Waals surface area contributed by atoms with E-state index in [4.69, 9.17) is 0 Å². The minimum atomic E-state index is 0.580. The number of aromatic amines is 1. The lowest BCUT2D eigenvalue weighted by Crippen LogP contribution is -2.03. The number of hydrogen-bond donors (Lipinski definition) is 2. The van der Waals surface area contributed by atoms with Crippen LogP contribution in [-0.4, -0.2) is 25.1 Å². The molecule has 0 atom stereocenters. The zero-order valence-corrected chi connectivity index (χ0v) is 7.73. The van der Waals surface area contributed by atoms with Gasteiger partial charge in [-0.25, -0.2) is 15.0 Å². The summed E-state index contributed by atoms with van der Waals surface area (Å²) in [5, 5.41) is 9.60. The third-order valence-corrected chi connectivity index (χ3v) is 1.68. The molecule has 2 aromatic heterocycles. The maximum atomic E-state index is 4.19. The molecule has 0 spiro atoms. The topological polar surface area (TPSA) is 79.4 Å². The summed E-state index contributed by atoms with van der Waals surface area (Å²) < 4.78 is 0. The molecule has 6 nitrogen and oxygen atoms in total. The fraction of sp³-hybridized carbons (Fsp3) is 0.250. The van der Waals surface area contributed by atoms with Crippen molar-refractivity contribution in [2.24, 2.45) is 0 Å². The Kier molecular flexibility index (Phi) is 2.35. The van der Waals surface area contributed by atoms with Gasteiger partial charge < -0.3 is 5.32 Å². The molecule has 0 fully saturated rings. The van der Waals surface area contributed by atoms with Gasteiger partial charge in [-0.1, -0.05) is 0 Å². The van der Waals surface area contributed by atoms with E-state index >= 15 is 0 Å². The molecule has 0 aliphatic carbocycles.